The molecule has 1 heterocycles. The van der Waals surface area contributed by atoms with Crippen molar-refractivity contribution in [3.05, 3.63) is 83.7 Å². The number of amides is 2. The highest BCUT2D eigenvalue weighted by atomic mass is 16.2. The number of carbonyl (C=O) groups is 2. The first-order chi connectivity index (χ1) is 14.1. The summed E-state index contributed by atoms with van der Waals surface area (Å²) < 4.78 is 0. The molecular formula is C24H23N3O2. The summed E-state index contributed by atoms with van der Waals surface area (Å²) in [4.78, 5) is 28.6. The van der Waals surface area contributed by atoms with Crippen molar-refractivity contribution in [2.45, 2.75) is 19.8 Å². The van der Waals surface area contributed by atoms with Crippen LogP contribution in [0.4, 0.5) is 5.69 Å². The van der Waals surface area contributed by atoms with E-state index in [4.69, 9.17) is 0 Å². The SMILES string of the molecule is Cc1ccc(NC(=O)c2cccnc2)cc1-c1ccc(C(=O)NCC2CC2)cc1. The van der Waals surface area contributed by atoms with E-state index in [1.54, 1.807) is 18.3 Å². The molecular weight excluding hydrogens is 362 g/mol. The van der Waals surface area contributed by atoms with E-state index in [0.717, 1.165) is 23.2 Å². The Hall–Kier alpha value is -3.47. The largest absolute Gasteiger partial charge is 0.352 e. The van der Waals surface area contributed by atoms with Crippen molar-refractivity contribution < 1.29 is 9.59 Å². The minimum absolute atomic E-state index is 0.0299. The van der Waals surface area contributed by atoms with Crippen molar-refractivity contribution in [3.63, 3.8) is 0 Å². The molecule has 1 aliphatic rings. The predicted octanol–water partition coefficient (Wildman–Crippen LogP) is 4.45. The molecule has 0 spiro atoms. The molecule has 0 aliphatic heterocycles. The van der Waals surface area contributed by atoms with Crippen molar-refractivity contribution in [2.75, 3.05) is 11.9 Å². The number of hydrogen-bond donors (Lipinski definition) is 2. The molecule has 5 nitrogen and oxygen atoms in total. The number of benzene rings is 2. The molecule has 1 aliphatic carbocycles. The van der Waals surface area contributed by atoms with E-state index >= 15 is 0 Å². The number of nitrogens with zero attached hydrogens (tertiary/aromatic N) is 1. The third-order valence-corrected chi connectivity index (χ3v) is 5.13. The van der Waals surface area contributed by atoms with Gasteiger partial charge in [-0.2, -0.15) is 0 Å². The Kier molecular flexibility index (Phi) is 5.38. The Labute approximate surface area is 170 Å². The van der Waals surface area contributed by atoms with Gasteiger partial charge in [-0.1, -0.05) is 18.2 Å². The van der Waals surface area contributed by atoms with E-state index in [0.29, 0.717) is 22.7 Å². The van der Waals surface area contributed by atoms with Crippen LogP contribution in [0.1, 0.15) is 39.1 Å². The maximum atomic E-state index is 12.4. The fourth-order valence-corrected chi connectivity index (χ4v) is 3.17. The molecule has 1 saturated carbocycles. The van der Waals surface area contributed by atoms with Crippen LogP contribution in [0, 0.1) is 12.8 Å². The fraction of sp³-hybridized carbons (Fsp3) is 0.208. The van der Waals surface area contributed by atoms with Gasteiger partial charge in [-0.3, -0.25) is 14.6 Å². The lowest BCUT2D eigenvalue weighted by molar-refractivity contribution is 0.0951. The predicted molar refractivity (Wildman–Crippen MR) is 114 cm³/mol. The van der Waals surface area contributed by atoms with Gasteiger partial charge in [0.05, 0.1) is 5.56 Å². The molecule has 146 valence electrons. The van der Waals surface area contributed by atoms with Crippen LogP contribution in [0.2, 0.25) is 0 Å². The molecule has 2 N–H and O–H groups in total. The summed E-state index contributed by atoms with van der Waals surface area (Å²) in [5.41, 5.74) is 4.99. The lowest BCUT2D eigenvalue weighted by Gasteiger charge is -2.11. The average Bonchev–Trinajstić information content (AvgIpc) is 3.59. The lowest BCUT2D eigenvalue weighted by Crippen LogP contribution is -2.25. The zero-order valence-electron chi connectivity index (χ0n) is 16.3. The molecule has 29 heavy (non-hydrogen) atoms. The number of pyridine rings is 1. The third-order valence-electron chi connectivity index (χ3n) is 5.13. The Bertz CT molecular complexity index is 1030. The summed E-state index contributed by atoms with van der Waals surface area (Å²) >= 11 is 0. The summed E-state index contributed by atoms with van der Waals surface area (Å²) in [6, 6.07) is 16.9. The highest BCUT2D eigenvalue weighted by Crippen LogP contribution is 2.28. The van der Waals surface area contributed by atoms with Gasteiger partial charge in [0.15, 0.2) is 0 Å². The van der Waals surface area contributed by atoms with Gasteiger partial charge in [-0.25, -0.2) is 0 Å². The first kappa shape index (κ1) is 18.9. The standard InChI is InChI=1S/C24H23N3O2/c1-16-4-11-21(27-24(29)20-3-2-12-25-15-20)13-22(16)18-7-9-19(10-8-18)23(28)26-14-17-5-6-17/h2-4,7-13,15,17H,5-6,14H2,1H3,(H,26,28)(H,27,29). The Morgan fingerprint density at radius 3 is 2.48 bits per heavy atom. The molecule has 0 atom stereocenters. The van der Waals surface area contributed by atoms with Gasteiger partial charge in [-0.15, -0.1) is 0 Å². The molecule has 2 amide bonds. The second-order valence-corrected chi connectivity index (χ2v) is 7.46. The number of aromatic nitrogens is 1. The van der Waals surface area contributed by atoms with E-state index in [9.17, 15) is 9.59 Å². The van der Waals surface area contributed by atoms with Crippen LogP contribution in [0.5, 0.6) is 0 Å². The first-order valence-corrected chi connectivity index (χ1v) is 9.81. The smallest absolute Gasteiger partial charge is 0.257 e. The van der Waals surface area contributed by atoms with Crippen LogP contribution in [0.15, 0.2) is 67.0 Å². The van der Waals surface area contributed by atoms with Crippen molar-refractivity contribution in [3.8, 4) is 11.1 Å². The van der Waals surface area contributed by atoms with E-state index in [2.05, 4.69) is 15.6 Å². The number of anilines is 1. The second-order valence-electron chi connectivity index (χ2n) is 7.46. The van der Waals surface area contributed by atoms with Crippen LogP contribution < -0.4 is 10.6 Å². The average molecular weight is 385 g/mol. The third kappa shape index (κ3) is 4.69. The lowest BCUT2D eigenvalue weighted by atomic mass is 9.98. The van der Waals surface area contributed by atoms with Gasteiger partial charge >= 0.3 is 0 Å². The minimum atomic E-state index is -0.199. The Balaban J connectivity index is 1.49. The summed E-state index contributed by atoms with van der Waals surface area (Å²) in [6.07, 6.45) is 5.60. The van der Waals surface area contributed by atoms with Gasteiger partial charge in [0.2, 0.25) is 0 Å². The van der Waals surface area contributed by atoms with Crippen LogP contribution in [0.3, 0.4) is 0 Å². The second kappa shape index (κ2) is 8.27. The molecule has 1 aromatic heterocycles. The first-order valence-electron chi connectivity index (χ1n) is 9.81. The Morgan fingerprint density at radius 1 is 1.00 bits per heavy atom. The van der Waals surface area contributed by atoms with Crippen molar-refractivity contribution in [1.82, 2.24) is 10.3 Å². The molecule has 0 saturated heterocycles. The van der Waals surface area contributed by atoms with E-state index < -0.39 is 0 Å². The van der Waals surface area contributed by atoms with E-state index in [1.807, 2.05) is 49.4 Å². The fourth-order valence-electron chi connectivity index (χ4n) is 3.17. The van der Waals surface area contributed by atoms with E-state index in [-0.39, 0.29) is 11.8 Å². The highest BCUT2D eigenvalue weighted by molar-refractivity contribution is 6.04. The molecule has 5 heteroatoms. The summed E-state index contributed by atoms with van der Waals surface area (Å²) in [6.45, 7) is 2.79. The van der Waals surface area contributed by atoms with Gasteiger partial charge in [0, 0.05) is 30.2 Å². The molecule has 0 unspecified atom stereocenters. The van der Waals surface area contributed by atoms with Crippen LogP contribution >= 0.6 is 0 Å². The van der Waals surface area contributed by atoms with Crippen LogP contribution in [0.25, 0.3) is 11.1 Å². The molecule has 4 rings (SSSR count). The number of hydrogen-bond acceptors (Lipinski definition) is 3. The highest BCUT2D eigenvalue weighted by Gasteiger charge is 2.21. The number of carbonyl (C=O) groups excluding carboxylic acids is 2. The molecule has 3 aromatic rings. The van der Waals surface area contributed by atoms with Crippen molar-refractivity contribution in [2.24, 2.45) is 5.92 Å². The number of rotatable bonds is 6. The summed E-state index contributed by atoms with van der Waals surface area (Å²) in [5, 5.41) is 5.90. The van der Waals surface area contributed by atoms with Gasteiger partial charge in [-0.05, 0) is 78.8 Å². The zero-order valence-corrected chi connectivity index (χ0v) is 16.3. The molecule has 2 aromatic carbocycles. The zero-order chi connectivity index (χ0) is 20.2. The van der Waals surface area contributed by atoms with Crippen molar-refractivity contribution in [1.29, 1.82) is 0 Å². The maximum absolute atomic E-state index is 12.4. The number of nitrogens with one attached hydrogen (secondary N) is 2. The van der Waals surface area contributed by atoms with Crippen molar-refractivity contribution >= 4 is 17.5 Å². The number of aryl methyl sites for hydroxylation is 1. The quantitative estimate of drug-likeness (QED) is 0.659. The van der Waals surface area contributed by atoms with Gasteiger partial charge in [0.25, 0.3) is 11.8 Å². The maximum Gasteiger partial charge on any atom is 0.257 e. The normalized spacial score (nSPS) is 13.0. The van der Waals surface area contributed by atoms with E-state index in [1.165, 1.54) is 19.0 Å². The molecule has 1 fully saturated rings. The summed E-state index contributed by atoms with van der Waals surface area (Å²) in [5.74, 6) is 0.429. The minimum Gasteiger partial charge on any atom is -0.352 e. The van der Waals surface area contributed by atoms with Crippen LogP contribution in [-0.4, -0.2) is 23.3 Å². The molecule has 0 bridgehead atoms. The Morgan fingerprint density at radius 2 is 1.79 bits per heavy atom. The van der Waals surface area contributed by atoms with Gasteiger partial charge < -0.3 is 10.6 Å². The molecule has 0 radical (unpaired) electrons. The van der Waals surface area contributed by atoms with Gasteiger partial charge in [0.1, 0.15) is 0 Å². The topological polar surface area (TPSA) is 71.1 Å². The van der Waals surface area contributed by atoms with Crippen LogP contribution in [-0.2, 0) is 0 Å². The summed E-state index contributed by atoms with van der Waals surface area (Å²) in [7, 11) is 0. The monoisotopic (exact) mass is 385 g/mol.